The highest BCUT2D eigenvalue weighted by molar-refractivity contribution is 7.07. The topological polar surface area (TPSA) is 12.0 Å². The minimum absolute atomic E-state index is 0.520. The van der Waals surface area contributed by atoms with Gasteiger partial charge in [0.15, 0.2) is 0 Å². The predicted molar refractivity (Wildman–Crippen MR) is 60.2 cm³/mol. The van der Waals surface area contributed by atoms with Crippen molar-refractivity contribution in [3.8, 4) is 0 Å². The van der Waals surface area contributed by atoms with Gasteiger partial charge in [0.1, 0.15) is 0 Å². The Kier molecular flexibility index (Phi) is 4.79. The van der Waals surface area contributed by atoms with Crippen LogP contribution >= 0.6 is 11.3 Å². The van der Waals surface area contributed by atoms with Crippen LogP contribution < -0.4 is 5.32 Å². The van der Waals surface area contributed by atoms with Crippen LogP contribution in [0.1, 0.15) is 30.9 Å². The Morgan fingerprint density at radius 3 is 3.08 bits per heavy atom. The van der Waals surface area contributed by atoms with Gasteiger partial charge in [0.25, 0.3) is 0 Å². The molecule has 0 aliphatic carbocycles. The summed E-state index contributed by atoms with van der Waals surface area (Å²) in [6, 6.07) is 2.71. The molecule has 13 heavy (non-hydrogen) atoms. The highest BCUT2D eigenvalue weighted by Crippen LogP contribution is 2.21. The second-order valence-electron chi connectivity index (χ2n) is 3.12. The lowest BCUT2D eigenvalue weighted by atomic mass is 10.0. The van der Waals surface area contributed by atoms with Crippen molar-refractivity contribution >= 4 is 11.3 Å². The van der Waals surface area contributed by atoms with Crippen molar-refractivity contribution in [1.29, 1.82) is 0 Å². The normalized spacial score (nSPS) is 12.7. The van der Waals surface area contributed by atoms with Crippen molar-refractivity contribution in [3.05, 3.63) is 35.0 Å². The van der Waals surface area contributed by atoms with Gasteiger partial charge in [-0.15, -0.1) is 6.58 Å². The molecule has 0 bridgehead atoms. The van der Waals surface area contributed by atoms with E-state index >= 15 is 0 Å². The summed E-state index contributed by atoms with van der Waals surface area (Å²) in [6.07, 6.45) is 5.51. The first-order valence-electron chi connectivity index (χ1n) is 4.68. The van der Waals surface area contributed by atoms with Gasteiger partial charge in [-0.25, -0.2) is 0 Å². The van der Waals surface area contributed by atoms with Gasteiger partial charge < -0.3 is 5.32 Å². The average molecular weight is 195 g/mol. The predicted octanol–water partition coefficient (Wildman–Crippen LogP) is 3.36. The van der Waals surface area contributed by atoms with Crippen LogP contribution in [-0.2, 0) is 0 Å². The number of unbranched alkanes of at least 4 members (excludes halogenated alkanes) is 1. The van der Waals surface area contributed by atoms with Gasteiger partial charge in [0, 0.05) is 6.04 Å². The van der Waals surface area contributed by atoms with Crippen LogP contribution in [0, 0.1) is 0 Å². The lowest BCUT2D eigenvalue weighted by molar-refractivity contribution is 0.531. The SMILES string of the molecule is C=CCCCC(NC)c1ccsc1. The Morgan fingerprint density at radius 1 is 1.69 bits per heavy atom. The molecule has 2 heteroatoms. The number of thiophene rings is 1. The molecule has 72 valence electrons. The standard InChI is InChI=1S/C11H17NS/c1-3-4-5-6-11(12-2)10-7-8-13-9-10/h3,7-9,11-12H,1,4-6H2,2H3. The molecule has 1 heterocycles. The van der Waals surface area contributed by atoms with Crippen LogP contribution in [0.25, 0.3) is 0 Å². The molecule has 0 aliphatic heterocycles. The zero-order chi connectivity index (χ0) is 9.52. The van der Waals surface area contributed by atoms with Crippen LogP contribution in [0.4, 0.5) is 0 Å². The molecule has 0 spiro atoms. The molecule has 0 saturated carbocycles. The number of allylic oxidation sites excluding steroid dienone is 1. The van der Waals surface area contributed by atoms with E-state index in [9.17, 15) is 0 Å². The molecular weight excluding hydrogens is 178 g/mol. The summed E-state index contributed by atoms with van der Waals surface area (Å²) in [6.45, 7) is 3.73. The van der Waals surface area contributed by atoms with E-state index in [2.05, 4.69) is 28.7 Å². The second-order valence-corrected chi connectivity index (χ2v) is 3.90. The van der Waals surface area contributed by atoms with Gasteiger partial charge in [0.05, 0.1) is 0 Å². The second kappa shape index (κ2) is 5.95. The Balaban J connectivity index is 2.39. The number of hydrogen-bond donors (Lipinski definition) is 1. The minimum atomic E-state index is 0.520. The quantitative estimate of drug-likeness (QED) is 0.542. The fourth-order valence-electron chi connectivity index (χ4n) is 1.42. The van der Waals surface area contributed by atoms with Crippen molar-refractivity contribution in [2.24, 2.45) is 0 Å². The van der Waals surface area contributed by atoms with Crippen LogP contribution in [0.2, 0.25) is 0 Å². The van der Waals surface area contributed by atoms with Gasteiger partial charge in [0.2, 0.25) is 0 Å². The van der Waals surface area contributed by atoms with E-state index in [1.807, 2.05) is 13.1 Å². The van der Waals surface area contributed by atoms with E-state index in [4.69, 9.17) is 0 Å². The molecule has 0 aromatic carbocycles. The molecule has 1 atom stereocenters. The van der Waals surface area contributed by atoms with E-state index in [-0.39, 0.29) is 0 Å². The van der Waals surface area contributed by atoms with Gasteiger partial charge in [-0.1, -0.05) is 6.08 Å². The van der Waals surface area contributed by atoms with Crippen molar-refractivity contribution in [1.82, 2.24) is 5.32 Å². The molecule has 0 radical (unpaired) electrons. The summed E-state index contributed by atoms with van der Waals surface area (Å²) in [5.41, 5.74) is 1.41. The molecule has 0 amide bonds. The van der Waals surface area contributed by atoms with Gasteiger partial charge >= 0.3 is 0 Å². The van der Waals surface area contributed by atoms with Crippen LogP contribution in [-0.4, -0.2) is 7.05 Å². The Hall–Kier alpha value is -0.600. The molecule has 1 N–H and O–H groups in total. The molecule has 1 aromatic rings. The maximum absolute atomic E-state index is 3.73. The maximum atomic E-state index is 3.73. The van der Waals surface area contributed by atoms with Crippen molar-refractivity contribution in [2.75, 3.05) is 7.05 Å². The zero-order valence-electron chi connectivity index (χ0n) is 8.12. The highest BCUT2D eigenvalue weighted by atomic mass is 32.1. The molecule has 1 rings (SSSR count). The van der Waals surface area contributed by atoms with Crippen molar-refractivity contribution in [3.63, 3.8) is 0 Å². The van der Waals surface area contributed by atoms with Crippen molar-refractivity contribution in [2.45, 2.75) is 25.3 Å². The fraction of sp³-hybridized carbons (Fsp3) is 0.455. The first-order valence-corrected chi connectivity index (χ1v) is 5.63. The molecule has 0 saturated heterocycles. The third-order valence-corrected chi connectivity index (χ3v) is 2.90. The summed E-state index contributed by atoms with van der Waals surface area (Å²) in [4.78, 5) is 0. The van der Waals surface area contributed by atoms with Gasteiger partial charge in [-0.3, -0.25) is 0 Å². The van der Waals surface area contributed by atoms with E-state index in [0.717, 1.165) is 6.42 Å². The lowest BCUT2D eigenvalue weighted by Crippen LogP contribution is -2.15. The third-order valence-electron chi connectivity index (χ3n) is 2.20. The number of hydrogen-bond acceptors (Lipinski definition) is 2. The third kappa shape index (κ3) is 3.33. The zero-order valence-corrected chi connectivity index (χ0v) is 8.94. The molecule has 1 nitrogen and oxygen atoms in total. The van der Waals surface area contributed by atoms with Gasteiger partial charge in [-0.2, -0.15) is 11.3 Å². The highest BCUT2D eigenvalue weighted by Gasteiger charge is 2.07. The summed E-state index contributed by atoms with van der Waals surface area (Å²) in [5, 5.41) is 7.69. The Morgan fingerprint density at radius 2 is 2.54 bits per heavy atom. The van der Waals surface area contributed by atoms with E-state index in [1.165, 1.54) is 18.4 Å². The maximum Gasteiger partial charge on any atom is 0.0325 e. The lowest BCUT2D eigenvalue weighted by Gasteiger charge is -2.13. The number of nitrogens with one attached hydrogen (secondary N) is 1. The Bertz CT molecular complexity index is 228. The summed E-state index contributed by atoms with van der Waals surface area (Å²) < 4.78 is 0. The fourth-order valence-corrected chi connectivity index (χ4v) is 2.13. The smallest absolute Gasteiger partial charge is 0.0325 e. The largest absolute Gasteiger partial charge is 0.313 e. The van der Waals surface area contributed by atoms with Crippen molar-refractivity contribution < 1.29 is 0 Å². The van der Waals surface area contributed by atoms with Gasteiger partial charge in [-0.05, 0) is 48.7 Å². The first-order chi connectivity index (χ1) is 6.38. The van der Waals surface area contributed by atoms with E-state index in [1.54, 1.807) is 11.3 Å². The van der Waals surface area contributed by atoms with Crippen LogP contribution in [0.5, 0.6) is 0 Å². The molecular formula is C11H17NS. The molecule has 0 fully saturated rings. The van der Waals surface area contributed by atoms with Crippen LogP contribution in [0.15, 0.2) is 29.5 Å². The summed E-state index contributed by atoms with van der Waals surface area (Å²) in [7, 11) is 2.02. The number of rotatable bonds is 6. The van der Waals surface area contributed by atoms with E-state index < -0.39 is 0 Å². The van der Waals surface area contributed by atoms with E-state index in [0.29, 0.717) is 6.04 Å². The Labute approximate surface area is 84.5 Å². The summed E-state index contributed by atoms with van der Waals surface area (Å²) >= 11 is 1.76. The molecule has 1 aromatic heterocycles. The summed E-state index contributed by atoms with van der Waals surface area (Å²) in [5.74, 6) is 0. The molecule has 0 aliphatic rings. The average Bonchev–Trinajstić information content (AvgIpc) is 2.65. The van der Waals surface area contributed by atoms with Crippen LogP contribution in [0.3, 0.4) is 0 Å². The minimum Gasteiger partial charge on any atom is -0.313 e. The first kappa shape index (κ1) is 10.5. The monoisotopic (exact) mass is 195 g/mol. The molecule has 1 unspecified atom stereocenters.